The molecule has 2 aromatic rings. The molecule has 3 heterocycles. The van der Waals surface area contributed by atoms with Gasteiger partial charge >= 0.3 is 0 Å². The van der Waals surface area contributed by atoms with E-state index >= 15 is 0 Å². The molecule has 1 aromatic carbocycles. The van der Waals surface area contributed by atoms with Crippen LogP contribution in [-0.2, 0) is 0 Å². The third-order valence-corrected chi connectivity index (χ3v) is 3.59. The van der Waals surface area contributed by atoms with Crippen molar-refractivity contribution in [2.75, 3.05) is 18.4 Å². The van der Waals surface area contributed by atoms with Crippen LogP contribution in [0, 0.1) is 0 Å². The number of ketones is 1. The van der Waals surface area contributed by atoms with Crippen molar-refractivity contribution in [3.05, 3.63) is 65.9 Å². The lowest BCUT2D eigenvalue weighted by molar-refractivity contribution is 0.102. The minimum atomic E-state index is -0.159. The number of amidine groups is 1. The maximum atomic E-state index is 12.2. The maximum absolute atomic E-state index is 12.2. The molecule has 5 nitrogen and oxygen atoms in total. The monoisotopic (exact) mass is 279 g/mol. The predicted octanol–water partition coefficient (Wildman–Crippen LogP) is 2.49. The first-order valence-corrected chi connectivity index (χ1v) is 6.81. The Morgan fingerprint density at radius 1 is 1.29 bits per heavy atom. The highest BCUT2D eigenvalue weighted by Crippen LogP contribution is 2.29. The van der Waals surface area contributed by atoms with E-state index in [0.29, 0.717) is 5.76 Å². The van der Waals surface area contributed by atoms with Gasteiger partial charge in [-0.25, -0.2) is 0 Å². The predicted molar refractivity (Wildman–Crippen MR) is 79.3 cm³/mol. The molecule has 0 fully saturated rings. The number of hydrogen-bond acceptors (Lipinski definition) is 5. The number of para-hydroxylation sites is 1. The minimum absolute atomic E-state index is 0.159. The topological polar surface area (TPSA) is 57.8 Å². The smallest absolute Gasteiger partial charge is 0.224 e. The zero-order valence-corrected chi connectivity index (χ0v) is 11.2. The maximum Gasteiger partial charge on any atom is 0.224 e. The molecule has 1 aromatic heterocycles. The van der Waals surface area contributed by atoms with Crippen LogP contribution < -0.4 is 5.32 Å². The number of carbonyl (C=O) groups excluding carboxylic acids is 1. The fourth-order valence-corrected chi connectivity index (χ4v) is 2.63. The van der Waals surface area contributed by atoms with Crippen LogP contribution in [0.15, 0.2) is 64.0 Å². The second-order valence-electron chi connectivity index (χ2n) is 4.90. The zero-order chi connectivity index (χ0) is 14.2. The minimum Gasteiger partial charge on any atom is -0.461 e. The highest BCUT2D eigenvalue weighted by atomic mass is 16.3. The Morgan fingerprint density at radius 3 is 3.05 bits per heavy atom. The van der Waals surface area contributed by atoms with Crippen molar-refractivity contribution in [1.29, 1.82) is 0 Å². The Kier molecular flexibility index (Phi) is 2.64. The summed E-state index contributed by atoms with van der Waals surface area (Å²) in [6.45, 7) is 1.51. The van der Waals surface area contributed by atoms with Crippen LogP contribution in [0.2, 0.25) is 0 Å². The van der Waals surface area contributed by atoms with E-state index in [1.54, 1.807) is 18.2 Å². The number of carbonyl (C=O) groups is 1. The summed E-state index contributed by atoms with van der Waals surface area (Å²) in [4.78, 5) is 18.8. The van der Waals surface area contributed by atoms with Gasteiger partial charge in [-0.3, -0.25) is 9.79 Å². The van der Waals surface area contributed by atoms with Crippen LogP contribution in [0.1, 0.15) is 16.1 Å². The Labute approximate surface area is 121 Å². The summed E-state index contributed by atoms with van der Waals surface area (Å²) in [6.07, 6.45) is 3.06. The van der Waals surface area contributed by atoms with E-state index in [1.807, 2.05) is 29.2 Å². The molecule has 0 unspecified atom stereocenters. The summed E-state index contributed by atoms with van der Waals surface area (Å²) in [5.41, 5.74) is 2.03. The van der Waals surface area contributed by atoms with E-state index in [9.17, 15) is 4.79 Å². The summed E-state index contributed by atoms with van der Waals surface area (Å²) in [7, 11) is 0. The lowest BCUT2D eigenvalue weighted by atomic mass is 10.1. The summed E-state index contributed by atoms with van der Waals surface area (Å²) in [5, 5.41) is 3.30. The fourth-order valence-electron chi connectivity index (χ4n) is 2.63. The molecule has 0 radical (unpaired) electrons. The van der Waals surface area contributed by atoms with Crippen molar-refractivity contribution in [3.8, 4) is 0 Å². The van der Waals surface area contributed by atoms with E-state index < -0.39 is 0 Å². The summed E-state index contributed by atoms with van der Waals surface area (Å²) in [5.74, 6) is 1.84. The van der Waals surface area contributed by atoms with Gasteiger partial charge in [-0.05, 0) is 24.3 Å². The number of benzene rings is 1. The van der Waals surface area contributed by atoms with Crippen molar-refractivity contribution in [1.82, 2.24) is 4.90 Å². The van der Waals surface area contributed by atoms with Gasteiger partial charge in [0.2, 0.25) is 5.78 Å². The molecule has 5 heteroatoms. The van der Waals surface area contributed by atoms with E-state index in [1.165, 1.54) is 6.26 Å². The van der Waals surface area contributed by atoms with Gasteiger partial charge < -0.3 is 14.6 Å². The van der Waals surface area contributed by atoms with Gasteiger partial charge in [0.1, 0.15) is 11.7 Å². The Bertz CT molecular complexity index is 760. The summed E-state index contributed by atoms with van der Waals surface area (Å²) < 4.78 is 5.15. The molecule has 0 amide bonds. The van der Waals surface area contributed by atoms with Gasteiger partial charge in [-0.2, -0.15) is 0 Å². The fraction of sp³-hybridized carbons (Fsp3) is 0.125. The molecule has 0 aliphatic carbocycles. The highest BCUT2D eigenvalue weighted by molar-refractivity contribution is 6.09. The average molecular weight is 279 g/mol. The first-order chi connectivity index (χ1) is 10.3. The molecule has 4 rings (SSSR count). The van der Waals surface area contributed by atoms with Crippen molar-refractivity contribution >= 4 is 17.3 Å². The quantitative estimate of drug-likeness (QED) is 0.678. The van der Waals surface area contributed by atoms with Gasteiger partial charge in [0.15, 0.2) is 5.76 Å². The molecular formula is C16H13N3O2. The number of nitrogens with zero attached hydrogens (tertiary/aromatic N) is 2. The number of hydrogen-bond donors (Lipinski definition) is 1. The molecule has 0 spiro atoms. The normalized spacial score (nSPS) is 18.0. The second kappa shape index (κ2) is 4.63. The first kappa shape index (κ1) is 12.0. The molecule has 2 aliphatic rings. The summed E-state index contributed by atoms with van der Waals surface area (Å²) >= 11 is 0. The zero-order valence-electron chi connectivity index (χ0n) is 11.2. The third-order valence-electron chi connectivity index (χ3n) is 3.59. The van der Waals surface area contributed by atoms with Crippen LogP contribution in [0.5, 0.6) is 0 Å². The molecule has 0 bridgehead atoms. The molecule has 0 saturated carbocycles. The van der Waals surface area contributed by atoms with Crippen molar-refractivity contribution in [3.63, 3.8) is 0 Å². The molecule has 1 N–H and O–H groups in total. The van der Waals surface area contributed by atoms with Gasteiger partial charge in [-0.15, -0.1) is 0 Å². The van der Waals surface area contributed by atoms with Gasteiger partial charge in [0.25, 0.3) is 0 Å². The standard InChI is InChI=1S/C16H13N3O2/c20-13(14-6-3-9-21-14)10-15-18-12-5-2-1-4-11(12)16-17-7-8-19(15)16/h1-6,9-10,18H,7-8H2. The van der Waals surface area contributed by atoms with Crippen molar-refractivity contribution in [2.45, 2.75) is 0 Å². The first-order valence-electron chi connectivity index (χ1n) is 6.81. The molecule has 0 atom stereocenters. The van der Waals surface area contributed by atoms with E-state index in [2.05, 4.69) is 10.3 Å². The number of anilines is 1. The largest absolute Gasteiger partial charge is 0.461 e. The van der Waals surface area contributed by atoms with Crippen molar-refractivity contribution < 1.29 is 9.21 Å². The Balaban J connectivity index is 1.75. The van der Waals surface area contributed by atoms with Gasteiger partial charge in [-0.1, -0.05) is 12.1 Å². The van der Waals surface area contributed by atoms with Crippen LogP contribution >= 0.6 is 0 Å². The Morgan fingerprint density at radius 2 is 2.19 bits per heavy atom. The van der Waals surface area contributed by atoms with Gasteiger partial charge in [0, 0.05) is 18.2 Å². The molecule has 2 aliphatic heterocycles. The number of allylic oxidation sites excluding steroid dienone is 1. The highest BCUT2D eigenvalue weighted by Gasteiger charge is 2.29. The molecule has 21 heavy (non-hydrogen) atoms. The van der Waals surface area contributed by atoms with Crippen molar-refractivity contribution in [2.24, 2.45) is 4.99 Å². The number of fused-ring (bicyclic) bond motifs is 3. The van der Waals surface area contributed by atoms with E-state index in [0.717, 1.165) is 36.0 Å². The molecule has 104 valence electrons. The lowest BCUT2D eigenvalue weighted by Gasteiger charge is -2.31. The number of aliphatic imine (C=N–C) groups is 1. The van der Waals surface area contributed by atoms with Crippen LogP contribution in [0.3, 0.4) is 0 Å². The van der Waals surface area contributed by atoms with Crippen LogP contribution in [0.25, 0.3) is 0 Å². The number of rotatable bonds is 2. The molecular weight excluding hydrogens is 266 g/mol. The third kappa shape index (κ3) is 1.94. The Hall–Kier alpha value is -2.82. The van der Waals surface area contributed by atoms with Gasteiger partial charge in [0.05, 0.1) is 18.5 Å². The second-order valence-corrected chi connectivity index (χ2v) is 4.90. The molecule has 0 saturated heterocycles. The summed E-state index contributed by atoms with van der Waals surface area (Å²) in [6, 6.07) is 11.3. The van der Waals surface area contributed by atoms with Crippen LogP contribution in [-0.4, -0.2) is 29.6 Å². The lowest BCUT2D eigenvalue weighted by Crippen LogP contribution is -2.36. The average Bonchev–Trinajstić information content (AvgIpc) is 3.19. The number of furan rings is 1. The van der Waals surface area contributed by atoms with E-state index in [-0.39, 0.29) is 5.78 Å². The van der Waals surface area contributed by atoms with E-state index in [4.69, 9.17) is 4.42 Å². The van der Waals surface area contributed by atoms with Crippen LogP contribution in [0.4, 0.5) is 5.69 Å². The number of nitrogens with one attached hydrogen (secondary N) is 1. The SMILES string of the molecule is O=C(C=C1Nc2ccccc2C2=NCCN12)c1ccco1.